The summed E-state index contributed by atoms with van der Waals surface area (Å²) in [6.45, 7) is 3.44. The Kier molecular flexibility index (Phi) is 3.97. The number of nitrogens with one attached hydrogen (secondary N) is 1. The van der Waals surface area contributed by atoms with E-state index in [1.807, 2.05) is 0 Å². The van der Waals surface area contributed by atoms with Crippen LogP contribution in [0.5, 0.6) is 0 Å². The first-order chi connectivity index (χ1) is 10.2. The van der Waals surface area contributed by atoms with Gasteiger partial charge in [-0.15, -0.1) is 11.3 Å². The summed E-state index contributed by atoms with van der Waals surface area (Å²) in [5, 5.41) is 14.2. The highest BCUT2D eigenvalue weighted by Gasteiger charge is 2.33. The van der Waals surface area contributed by atoms with Crippen LogP contribution in [0, 0.1) is 0 Å². The highest BCUT2D eigenvalue weighted by Crippen LogP contribution is 2.33. The van der Waals surface area contributed by atoms with E-state index in [0.29, 0.717) is 19.0 Å². The minimum absolute atomic E-state index is 0.0481. The van der Waals surface area contributed by atoms with E-state index in [-0.39, 0.29) is 18.1 Å². The summed E-state index contributed by atoms with van der Waals surface area (Å²) in [4.78, 5) is 10.8. The third-order valence-electron chi connectivity index (χ3n) is 3.95. The molecule has 0 atom stereocenters. The van der Waals surface area contributed by atoms with Crippen molar-refractivity contribution in [1.29, 1.82) is 0 Å². The third-order valence-corrected chi connectivity index (χ3v) is 5.12. The van der Waals surface area contributed by atoms with Gasteiger partial charge in [-0.05, 0) is 25.3 Å². The van der Waals surface area contributed by atoms with E-state index < -0.39 is 0 Å². The molecule has 6 nitrogen and oxygen atoms in total. The summed E-state index contributed by atoms with van der Waals surface area (Å²) in [5.74, 6) is 0.971. The van der Waals surface area contributed by atoms with Crippen molar-refractivity contribution in [1.82, 2.24) is 9.97 Å². The number of aliphatic hydroxyl groups is 1. The average Bonchev–Trinajstić information content (AvgIpc) is 2.91. The molecule has 2 aromatic rings. The van der Waals surface area contributed by atoms with Crippen molar-refractivity contribution in [2.45, 2.75) is 31.7 Å². The van der Waals surface area contributed by atoms with Crippen molar-refractivity contribution in [2.24, 2.45) is 0 Å². The van der Waals surface area contributed by atoms with E-state index in [9.17, 15) is 5.11 Å². The van der Waals surface area contributed by atoms with Crippen LogP contribution in [0.25, 0.3) is 10.2 Å². The Morgan fingerprint density at radius 2 is 2.19 bits per heavy atom. The highest BCUT2D eigenvalue weighted by molar-refractivity contribution is 7.18. The lowest BCUT2D eigenvalue weighted by atomic mass is 9.91. The van der Waals surface area contributed by atoms with Gasteiger partial charge in [-0.25, -0.2) is 4.98 Å². The summed E-state index contributed by atoms with van der Waals surface area (Å²) in [6.07, 6.45) is 2.46. The fraction of sp³-hybridized carbons (Fsp3) is 0.571. The second-order valence-corrected chi connectivity index (χ2v) is 6.51. The van der Waals surface area contributed by atoms with Gasteiger partial charge >= 0.3 is 0 Å². The van der Waals surface area contributed by atoms with Gasteiger partial charge in [0.1, 0.15) is 10.6 Å². The molecule has 0 amide bonds. The molecule has 0 spiro atoms. The molecule has 0 aliphatic carbocycles. The van der Waals surface area contributed by atoms with Gasteiger partial charge in [0.05, 0.1) is 17.5 Å². The maximum Gasteiger partial charge on any atom is 0.223 e. The quantitative estimate of drug-likeness (QED) is 0.797. The fourth-order valence-corrected chi connectivity index (χ4v) is 3.57. The lowest BCUT2D eigenvalue weighted by Gasteiger charge is -2.36. The number of hydrogen-bond acceptors (Lipinski definition) is 7. The van der Waals surface area contributed by atoms with Crippen LogP contribution >= 0.6 is 11.3 Å². The first-order valence-corrected chi connectivity index (χ1v) is 8.00. The van der Waals surface area contributed by atoms with Crippen LogP contribution in [-0.4, -0.2) is 40.4 Å². The molecule has 4 N–H and O–H groups in total. The molecule has 0 unspecified atom stereocenters. The van der Waals surface area contributed by atoms with Crippen LogP contribution in [0.2, 0.25) is 0 Å². The molecule has 0 radical (unpaired) electrons. The zero-order valence-electron chi connectivity index (χ0n) is 12.1. The Labute approximate surface area is 127 Å². The summed E-state index contributed by atoms with van der Waals surface area (Å²) >= 11 is 1.64. The highest BCUT2D eigenvalue weighted by atomic mass is 32.1. The number of nitrogen functional groups attached to an aromatic ring is 1. The van der Waals surface area contributed by atoms with Crippen LogP contribution in [0.4, 0.5) is 11.8 Å². The summed E-state index contributed by atoms with van der Waals surface area (Å²) < 4.78 is 5.39. The summed E-state index contributed by atoms with van der Waals surface area (Å²) in [6, 6.07) is 2.10. The summed E-state index contributed by atoms with van der Waals surface area (Å²) in [5.41, 5.74) is 5.43. The molecule has 3 heterocycles. The smallest absolute Gasteiger partial charge is 0.223 e. The molecule has 0 bridgehead atoms. The van der Waals surface area contributed by atoms with Gasteiger partial charge in [0.15, 0.2) is 0 Å². The minimum atomic E-state index is -0.389. The normalized spacial score (nSPS) is 18.0. The number of hydrogen-bond donors (Lipinski definition) is 3. The molecular formula is C14H20N4O2S. The Morgan fingerprint density at radius 1 is 1.43 bits per heavy atom. The Hall–Kier alpha value is -1.44. The number of aromatic nitrogens is 2. The molecule has 3 rings (SSSR count). The van der Waals surface area contributed by atoms with Gasteiger partial charge in [0.25, 0.3) is 0 Å². The van der Waals surface area contributed by atoms with E-state index in [0.717, 1.165) is 29.5 Å². The number of fused-ring (bicyclic) bond motifs is 1. The van der Waals surface area contributed by atoms with Crippen molar-refractivity contribution in [2.75, 3.05) is 30.9 Å². The van der Waals surface area contributed by atoms with Gasteiger partial charge in [0.2, 0.25) is 5.95 Å². The standard InChI is InChI=1S/C14H20N4O2S/c1-2-9-7-10-11(16-13(15)17-12(10)21-9)18-14(8-19)3-5-20-6-4-14/h7,19H,2-6,8H2,1H3,(H3,15,16,17,18). The largest absolute Gasteiger partial charge is 0.394 e. The number of thiophene rings is 1. The van der Waals surface area contributed by atoms with Crippen LogP contribution in [-0.2, 0) is 11.2 Å². The lowest BCUT2D eigenvalue weighted by Crippen LogP contribution is -2.47. The van der Waals surface area contributed by atoms with Crippen LogP contribution in [0.15, 0.2) is 6.07 Å². The Balaban J connectivity index is 2.00. The second-order valence-electron chi connectivity index (χ2n) is 5.39. The average molecular weight is 308 g/mol. The molecule has 1 aliphatic rings. The second kappa shape index (κ2) is 5.75. The van der Waals surface area contributed by atoms with E-state index in [1.165, 1.54) is 4.88 Å². The van der Waals surface area contributed by atoms with Gasteiger partial charge in [-0.2, -0.15) is 4.98 Å². The topological polar surface area (TPSA) is 93.3 Å². The predicted octanol–water partition coefficient (Wildman–Crippen LogP) is 1.79. The van der Waals surface area contributed by atoms with Crippen LogP contribution in [0.3, 0.4) is 0 Å². The Morgan fingerprint density at radius 3 is 2.86 bits per heavy atom. The van der Waals surface area contributed by atoms with E-state index in [2.05, 4.69) is 28.3 Å². The number of anilines is 2. The van der Waals surface area contributed by atoms with Gasteiger partial charge < -0.3 is 20.9 Å². The number of aliphatic hydroxyl groups excluding tert-OH is 1. The van der Waals surface area contributed by atoms with Gasteiger partial charge in [-0.1, -0.05) is 6.92 Å². The van der Waals surface area contributed by atoms with Crippen molar-refractivity contribution >= 4 is 33.3 Å². The third kappa shape index (κ3) is 2.81. The first-order valence-electron chi connectivity index (χ1n) is 7.18. The van der Waals surface area contributed by atoms with E-state index in [1.54, 1.807) is 11.3 Å². The molecule has 21 heavy (non-hydrogen) atoms. The van der Waals surface area contributed by atoms with E-state index in [4.69, 9.17) is 10.5 Å². The monoisotopic (exact) mass is 308 g/mol. The van der Waals surface area contributed by atoms with Crippen LogP contribution in [0.1, 0.15) is 24.6 Å². The van der Waals surface area contributed by atoms with Crippen molar-refractivity contribution in [3.05, 3.63) is 10.9 Å². The van der Waals surface area contributed by atoms with E-state index >= 15 is 0 Å². The maximum absolute atomic E-state index is 9.81. The molecule has 2 aromatic heterocycles. The van der Waals surface area contributed by atoms with Crippen molar-refractivity contribution in [3.63, 3.8) is 0 Å². The first kappa shape index (κ1) is 14.5. The molecule has 7 heteroatoms. The SMILES string of the molecule is CCc1cc2c(NC3(CO)CCOCC3)nc(N)nc2s1. The molecular weight excluding hydrogens is 288 g/mol. The number of ether oxygens (including phenoxy) is 1. The lowest BCUT2D eigenvalue weighted by molar-refractivity contribution is 0.0379. The molecule has 1 saturated heterocycles. The molecule has 114 valence electrons. The fourth-order valence-electron chi connectivity index (χ4n) is 2.59. The zero-order valence-corrected chi connectivity index (χ0v) is 12.9. The van der Waals surface area contributed by atoms with Gasteiger partial charge in [-0.3, -0.25) is 0 Å². The van der Waals surface area contributed by atoms with Gasteiger partial charge in [0, 0.05) is 18.1 Å². The molecule has 1 aliphatic heterocycles. The van der Waals surface area contributed by atoms with Crippen molar-refractivity contribution < 1.29 is 9.84 Å². The predicted molar refractivity (Wildman–Crippen MR) is 84.7 cm³/mol. The van der Waals surface area contributed by atoms with Crippen LogP contribution < -0.4 is 11.1 Å². The maximum atomic E-state index is 9.81. The molecule has 0 aromatic carbocycles. The molecule has 1 fully saturated rings. The molecule has 0 saturated carbocycles. The Bertz CT molecular complexity index is 637. The number of nitrogens with two attached hydrogens (primary N) is 1. The summed E-state index contributed by atoms with van der Waals surface area (Å²) in [7, 11) is 0. The number of nitrogens with zero attached hydrogens (tertiary/aromatic N) is 2. The number of rotatable bonds is 4. The number of aryl methyl sites for hydroxylation is 1. The zero-order chi connectivity index (χ0) is 14.9. The van der Waals surface area contributed by atoms with Crippen molar-refractivity contribution in [3.8, 4) is 0 Å². The minimum Gasteiger partial charge on any atom is -0.394 e.